The topological polar surface area (TPSA) is 70.2 Å². The number of benzene rings is 3. The quantitative estimate of drug-likeness (QED) is 0.370. The van der Waals surface area contributed by atoms with Crippen LogP contribution in [0.2, 0.25) is 5.02 Å². The highest BCUT2D eigenvalue weighted by molar-refractivity contribution is 6.31. The number of esters is 1. The Hall–Kier alpha value is -3.68. The minimum absolute atomic E-state index is 0.147. The fraction of sp³-hybridized carbons (Fsp3) is 0.250. The second kappa shape index (κ2) is 10.1. The van der Waals surface area contributed by atoms with E-state index in [0.717, 1.165) is 49.5 Å². The molecule has 7 nitrogen and oxygen atoms in total. The number of ether oxygens (including phenoxy) is 1. The van der Waals surface area contributed by atoms with Crippen LogP contribution < -0.4 is 4.90 Å². The number of hydrogen-bond acceptors (Lipinski definition) is 6. The SMILES string of the molecule is COC(=O)c1ccc(CN2CCN(c3cccc4c3C(=O)N(Cc3ccccc3Cl)C4=O)CC2)cc1. The molecule has 0 saturated carbocycles. The summed E-state index contributed by atoms with van der Waals surface area (Å²) >= 11 is 6.28. The number of hydrogen-bond donors (Lipinski definition) is 0. The third-order valence-corrected chi connectivity index (χ3v) is 7.13. The van der Waals surface area contributed by atoms with Gasteiger partial charge in [0.2, 0.25) is 0 Å². The van der Waals surface area contributed by atoms with E-state index in [1.807, 2.05) is 42.5 Å². The molecule has 2 amide bonds. The molecule has 0 N–H and O–H groups in total. The number of imide groups is 1. The van der Waals surface area contributed by atoms with E-state index in [2.05, 4.69) is 9.80 Å². The second-order valence-electron chi connectivity index (χ2n) is 8.94. The van der Waals surface area contributed by atoms with Crippen molar-refractivity contribution in [3.05, 3.63) is 99.6 Å². The van der Waals surface area contributed by atoms with E-state index in [1.165, 1.54) is 12.0 Å². The predicted octanol–water partition coefficient (Wildman–Crippen LogP) is 4.25. The molecular weight excluding hydrogens is 478 g/mol. The first-order chi connectivity index (χ1) is 17.5. The van der Waals surface area contributed by atoms with E-state index in [-0.39, 0.29) is 24.3 Å². The van der Waals surface area contributed by atoms with Gasteiger partial charge in [-0.05, 0) is 41.5 Å². The van der Waals surface area contributed by atoms with Gasteiger partial charge >= 0.3 is 5.97 Å². The Morgan fingerprint density at radius 3 is 2.28 bits per heavy atom. The van der Waals surface area contributed by atoms with Gasteiger partial charge in [-0.1, -0.05) is 48.0 Å². The van der Waals surface area contributed by atoms with Gasteiger partial charge in [0.25, 0.3) is 11.8 Å². The lowest BCUT2D eigenvalue weighted by Crippen LogP contribution is -2.46. The Morgan fingerprint density at radius 1 is 0.861 bits per heavy atom. The second-order valence-corrected chi connectivity index (χ2v) is 9.35. The Kier molecular flexibility index (Phi) is 6.76. The third kappa shape index (κ3) is 4.59. The van der Waals surface area contributed by atoms with Crippen LogP contribution >= 0.6 is 11.6 Å². The summed E-state index contributed by atoms with van der Waals surface area (Å²) in [5.74, 6) is -0.909. The summed E-state index contributed by atoms with van der Waals surface area (Å²) in [4.78, 5) is 43.9. The van der Waals surface area contributed by atoms with Crippen LogP contribution in [0, 0.1) is 0 Å². The van der Waals surface area contributed by atoms with Gasteiger partial charge < -0.3 is 9.64 Å². The van der Waals surface area contributed by atoms with Crippen molar-refractivity contribution in [2.24, 2.45) is 0 Å². The molecule has 3 aromatic rings. The fourth-order valence-corrected chi connectivity index (χ4v) is 4.98. The van der Waals surface area contributed by atoms with Crippen LogP contribution in [-0.4, -0.2) is 60.9 Å². The minimum Gasteiger partial charge on any atom is -0.465 e. The summed E-state index contributed by atoms with van der Waals surface area (Å²) in [7, 11) is 1.37. The molecule has 2 aliphatic heterocycles. The molecule has 5 rings (SSSR count). The maximum atomic E-state index is 13.4. The molecule has 2 aliphatic rings. The van der Waals surface area contributed by atoms with Gasteiger partial charge in [-0.3, -0.25) is 19.4 Å². The average Bonchev–Trinajstić information content (AvgIpc) is 3.15. The molecule has 0 unspecified atom stereocenters. The summed E-state index contributed by atoms with van der Waals surface area (Å²) in [5.41, 5.74) is 4.11. The van der Waals surface area contributed by atoms with Crippen molar-refractivity contribution in [1.82, 2.24) is 9.80 Å². The molecule has 1 fully saturated rings. The van der Waals surface area contributed by atoms with Crippen molar-refractivity contribution in [3.63, 3.8) is 0 Å². The lowest BCUT2D eigenvalue weighted by atomic mass is 10.1. The summed E-state index contributed by atoms with van der Waals surface area (Å²) in [5, 5.41) is 0.533. The molecule has 0 aromatic heterocycles. The van der Waals surface area contributed by atoms with E-state index in [9.17, 15) is 14.4 Å². The van der Waals surface area contributed by atoms with Crippen LogP contribution in [0.1, 0.15) is 42.2 Å². The van der Waals surface area contributed by atoms with Crippen LogP contribution in [0.3, 0.4) is 0 Å². The molecule has 8 heteroatoms. The van der Waals surface area contributed by atoms with Crippen LogP contribution in [0.4, 0.5) is 5.69 Å². The smallest absolute Gasteiger partial charge is 0.337 e. The first-order valence-corrected chi connectivity index (χ1v) is 12.2. The van der Waals surface area contributed by atoms with Crippen LogP contribution in [0.5, 0.6) is 0 Å². The molecule has 2 heterocycles. The van der Waals surface area contributed by atoms with Crippen LogP contribution in [-0.2, 0) is 17.8 Å². The normalized spacial score (nSPS) is 15.8. The molecule has 184 valence electrons. The Balaban J connectivity index is 1.27. The number of carbonyl (C=O) groups excluding carboxylic acids is 3. The van der Waals surface area contributed by atoms with E-state index in [1.54, 1.807) is 24.3 Å². The summed E-state index contributed by atoms with van der Waals surface area (Å²) in [6.45, 7) is 4.02. The Labute approximate surface area is 214 Å². The van der Waals surface area contributed by atoms with E-state index < -0.39 is 0 Å². The number of anilines is 1. The Bertz CT molecular complexity index is 1320. The van der Waals surface area contributed by atoms with Gasteiger partial charge in [-0.25, -0.2) is 4.79 Å². The molecule has 0 atom stereocenters. The van der Waals surface area contributed by atoms with Crippen LogP contribution in [0.25, 0.3) is 0 Å². The highest BCUT2D eigenvalue weighted by Crippen LogP contribution is 2.34. The Morgan fingerprint density at radius 2 is 1.58 bits per heavy atom. The maximum Gasteiger partial charge on any atom is 0.337 e. The van der Waals surface area contributed by atoms with E-state index >= 15 is 0 Å². The van der Waals surface area contributed by atoms with Crippen molar-refractivity contribution in [2.45, 2.75) is 13.1 Å². The average molecular weight is 504 g/mol. The van der Waals surface area contributed by atoms with Crippen molar-refractivity contribution in [3.8, 4) is 0 Å². The summed E-state index contributed by atoms with van der Waals surface area (Å²) in [6, 6.07) is 20.2. The minimum atomic E-state index is -0.344. The van der Waals surface area contributed by atoms with Crippen LogP contribution in [0.15, 0.2) is 66.7 Å². The lowest BCUT2D eigenvalue weighted by molar-refractivity contribution is 0.0597. The number of amides is 2. The van der Waals surface area contributed by atoms with Crippen molar-refractivity contribution >= 4 is 35.1 Å². The first kappa shape index (κ1) is 24.0. The van der Waals surface area contributed by atoms with E-state index in [0.29, 0.717) is 21.7 Å². The number of halogens is 1. The molecule has 0 aliphatic carbocycles. The predicted molar refractivity (Wildman–Crippen MR) is 137 cm³/mol. The highest BCUT2D eigenvalue weighted by Gasteiger charge is 2.39. The molecule has 0 spiro atoms. The van der Waals surface area contributed by atoms with Crippen molar-refractivity contribution < 1.29 is 19.1 Å². The zero-order valence-electron chi connectivity index (χ0n) is 19.9. The van der Waals surface area contributed by atoms with Gasteiger partial charge in [0.05, 0.1) is 36.0 Å². The lowest BCUT2D eigenvalue weighted by Gasteiger charge is -2.36. The monoisotopic (exact) mass is 503 g/mol. The maximum absolute atomic E-state index is 13.4. The first-order valence-electron chi connectivity index (χ1n) is 11.8. The number of nitrogens with zero attached hydrogens (tertiary/aromatic N) is 3. The number of rotatable bonds is 6. The van der Waals surface area contributed by atoms with Gasteiger partial charge in [0, 0.05) is 37.7 Å². The van der Waals surface area contributed by atoms with Gasteiger partial charge in [0.15, 0.2) is 0 Å². The number of carbonyl (C=O) groups is 3. The van der Waals surface area contributed by atoms with Gasteiger partial charge in [0.1, 0.15) is 0 Å². The number of methoxy groups -OCH3 is 1. The molecule has 3 aromatic carbocycles. The third-order valence-electron chi connectivity index (χ3n) is 6.76. The molecule has 0 radical (unpaired) electrons. The summed E-state index contributed by atoms with van der Waals surface area (Å²) < 4.78 is 4.76. The standard InChI is InChI=1S/C28H26ClN3O4/c1-36-28(35)20-11-9-19(10-12-20)17-30-13-15-31(16-14-30)24-8-4-6-22-25(24)27(34)32(26(22)33)18-21-5-2-3-7-23(21)29/h2-12H,13-18H2,1H3. The zero-order chi connectivity index (χ0) is 25.2. The zero-order valence-corrected chi connectivity index (χ0v) is 20.7. The molecule has 1 saturated heterocycles. The van der Waals surface area contributed by atoms with E-state index in [4.69, 9.17) is 16.3 Å². The highest BCUT2D eigenvalue weighted by atomic mass is 35.5. The van der Waals surface area contributed by atoms with Gasteiger partial charge in [-0.2, -0.15) is 0 Å². The number of fused-ring (bicyclic) bond motifs is 1. The number of piperazine rings is 1. The molecular formula is C28H26ClN3O4. The largest absolute Gasteiger partial charge is 0.465 e. The van der Waals surface area contributed by atoms with Crippen molar-refractivity contribution in [1.29, 1.82) is 0 Å². The summed E-state index contributed by atoms with van der Waals surface area (Å²) in [6.07, 6.45) is 0. The van der Waals surface area contributed by atoms with Gasteiger partial charge in [-0.15, -0.1) is 0 Å². The molecule has 36 heavy (non-hydrogen) atoms. The molecule has 0 bridgehead atoms. The van der Waals surface area contributed by atoms with Crippen molar-refractivity contribution in [2.75, 3.05) is 38.2 Å². The fourth-order valence-electron chi connectivity index (χ4n) is 4.79.